The van der Waals surface area contributed by atoms with Gasteiger partial charge in [0, 0.05) is 19.8 Å². The van der Waals surface area contributed by atoms with E-state index in [-0.39, 0.29) is 17.3 Å². The molecule has 1 aromatic carbocycles. The normalized spacial score (nSPS) is 14.2. The van der Waals surface area contributed by atoms with Gasteiger partial charge in [-0.05, 0) is 12.1 Å². The Bertz CT molecular complexity index is 714. The van der Waals surface area contributed by atoms with E-state index in [2.05, 4.69) is 10.4 Å². The van der Waals surface area contributed by atoms with E-state index in [0.29, 0.717) is 18.8 Å². The summed E-state index contributed by atoms with van der Waals surface area (Å²) in [5.74, 6) is 0. The smallest absolute Gasteiger partial charge is 0.267 e. The molecule has 108 valence electrons. The van der Waals surface area contributed by atoms with Gasteiger partial charge < -0.3 is 5.32 Å². The van der Waals surface area contributed by atoms with Crippen molar-refractivity contribution in [2.75, 3.05) is 22.7 Å². The molecule has 0 fully saturated rings. The Balaban J connectivity index is 0.00000147. The number of benzene rings is 1. The molecule has 2 aromatic rings. The lowest BCUT2D eigenvalue weighted by Crippen LogP contribution is -2.38. The van der Waals surface area contributed by atoms with Crippen molar-refractivity contribution in [1.29, 1.82) is 0 Å². The minimum Gasteiger partial charge on any atom is -0.382 e. The number of hydrogen-bond acceptors (Lipinski definition) is 4. The molecule has 1 aliphatic heterocycles. The number of rotatable bonds is 2. The molecule has 0 saturated heterocycles. The molecule has 20 heavy (non-hydrogen) atoms. The van der Waals surface area contributed by atoms with Crippen LogP contribution in [-0.4, -0.2) is 31.3 Å². The molecule has 0 radical (unpaired) electrons. The third-order valence-electron chi connectivity index (χ3n) is 3.07. The first-order valence-corrected chi connectivity index (χ1v) is 7.37. The van der Waals surface area contributed by atoms with Crippen molar-refractivity contribution in [3.05, 3.63) is 36.7 Å². The molecule has 3 rings (SSSR count). The zero-order valence-electron chi connectivity index (χ0n) is 10.9. The summed E-state index contributed by atoms with van der Waals surface area (Å²) < 4.78 is 28.1. The summed E-state index contributed by atoms with van der Waals surface area (Å²) >= 11 is 0. The van der Waals surface area contributed by atoms with Crippen LogP contribution in [-0.2, 0) is 17.1 Å². The first-order valence-electron chi connectivity index (χ1n) is 5.93. The predicted molar refractivity (Wildman–Crippen MR) is 79.9 cm³/mol. The van der Waals surface area contributed by atoms with Crippen molar-refractivity contribution in [1.82, 2.24) is 9.78 Å². The molecule has 8 heteroatoms. The molecule has 6 nitrogen and oxygen atoms in total. The maximum atomic E-state index is 12.6. The molecular weight excluding hydrogens is 300 g/mol. The minimum atomic E-state index is -3.54. The second-order valence-electron chi connectivity index (χ2n) is 4.37. The van der Waals surface area contributed by atoms with Gasteiger partial charge in [-0.1, -0.05) is 12.1 Å². The molecule has 0 atom stereocenters. The largest absolute Gasteiger partial charge is 0.382 e. The van der Waals surface area contributed by atoms with E-state index in [9.17, 15) is 8.42 Å². The van der Waals surface area contributed by atoms with E-state index >= 15 is 0 Å². The fourth-order valence-corrected chi connectivity index (χ4v) is 3.63. The van der Waals surface area contributed by atoms with Crippen molar-refractivity contribution < 1.29 is 8.42 Å². The lowest BCUT2D eigenvalue weighted by molar-refractivity contribution is 0.590. The van der Waals surface area contributed by atoms with Crippen molar-refractivity contribution in [2.24, 2.45) is 7.05 Å². The summed E-state index contributed by atoms with van der Waals surface area (Å²) in [5.41, 5.74) is 1.51. The van der Waals surface area contributed by atoms with Gasteiger partial charge in [-0.2, -0.15) is 5.10 Å². The van der Waals surface area contributed by atoms with Gasteiger partial charge in [-0.3, -0.25) is 8.99 Å². The van der Waals surface area contributed by atoms with Gasteiger partial charge in [0.05, 0.1) is 24.1 Å². The van der Waals surface area contributed by atoms with Crippen LogP contribution in [0.15, 0.2) is 41.6 Å². The van der Waals surface area contributed by atoms with Crippen LogP contribution in [0, 0.1) is 0 Å². The van der Waals surface area contributed by atoms with Crippen molar-refractivity contribution in [3.63, 3.8) is 0 Å². The molecule has 0 bridgehead atoms. The van der Waals surface area contributed by atoms with Gasteiger partial charge in [-0.25, -0.2) is 8.42 Å². The Labute approximate surface area is 123 Å². The van der Waals surface area contributed by atoms with Gasteiger partial charge in [0.1, 0.15) is 4.90 Å². The molecule has 1 aliphatic rings. The highest BCUT2D eigenvalue weighted by atomic mass is 35.5. The number of halogens is 1. The van der Waals surface area contributed by atoms with E-state index in [1.165, 1.54) is 21.4 Å². The van der Waals surface area contributed by atoms with Crippen LogP contribution < -0.4 is 9.62 Å². The highest BCUT2D eigenvalue weighted by Crippen LogP contribution is 2.32. The predicted octanol–water partition coefficient (Wildman–Crippen LogP) is 1.46. The van der Waals surface area contributed by atoms with Crippen LogP contribution in [0.3, 0.4) is 0 Å². The third kappa shape index (κ3) is 2.34. The van der Waals surface area contributed by atoms with E-state index in [4.69, 9.17) is 0 Å². The number of fused-ring (bicyclic) bond motifs is 1. The monoisotopic (exact) mass is 314 g/mol. The fourth-order valence-electron chi connectivity index (χ4n) is 2.16. The van der Waals surface area contributed by atoms with Gasteiger partial charge in [-0.15, -0.1) is 12.4 Å². The highest BCUT2D eigenvalue weighted by Gasteiger charge is 2.29. The zero-order valence-corrected chi connectivity index (χ0v) is 12.5. The SMILES string of the molecule is Cl.Cn1cc(S(=O)(=O)N2CCNc3ccccc32)cn1. The first-order chi connectivity index (χ1) is 9.09. The van der Waals surface area contributed by atoms with Crippen molar-refractivity contribution >= 4 is 33.8 Å². The molecule has 0 spiro atoms. The van der Waals surface area contributed by atoms with Crippen LogP contribution in [0.2, 0.25) is 0 Å². The summed E-state index contributed by atoms with van der Waals surface area (Å²) in [6.45, 7) is 1.00. The lowest BCUT2D eigenvalue weighted by Gasteiger charge is -2.30. The van der Waals surface area contributed by atoms with Crippen molar-refractivity contribution in [3.8, 4) is 0 Å². The molecule has 0 aliphatic carbocycles. The number of para-hydroxylation sites is 2. The summed E-state index contributed by atoms with van der Waals surface area (Å²) in [4.78, 5) is 0.215. The Morgan fingerprint density at radius 1 is 1.30 bits per heavy atom. The van der Waals surface area contributed by atoms with E-state index in [1.54, 1.807) is 13.1 Å². The van der Waals surface area contributed by atoms with Gasteiger partial charge in [0.15, 0.2) is 0 Å². The van der Waals surface area contributed by atoms with E-state index in [0.717, 1.165) is 5.69 Å². The van der Waals surface area contributed by atoms with Crippen LogP contribution in [0.25, 0.3) is 0 Å². The molecule has 0 saturated carbocycles. The van der Waals surface area contributed by atoms with E-state index in [1.807, 2.05) is 18.2 Å². The number of aryl methyl sites for hydroxylation is 1. The zero-order chi connectivity index (χ0) is 13.5. The first kappa shape index (κ1) is 14.7. The van der Waals surface area contributed by atoms with Gasteiger partial charge in [0.25, 0.3) is 10.0 Å². The number of aromatic nitrogens is 2. The summed E-state index contributed by atoms with van der Waals surface area (Å²) in [6, 6.07) is 7.39. The van der Waals surface area contributed by atoms with E-state index < -0.39 is 10.0 Å². The molecular formula is C12H15ClN4O2S. The maximum absolute atomic E-state index is 12.6. The summed E-state index contributed by atoms with van der Waals surface area (Å²) in [6.07, 6.45) is 2.89. The maximum Gasteiger partial charge on any atom is 0.267 e. The van der Waals surface area contributed by atoms with Crippen LogP contribution in [0.1, 0.15) is 0 Å². The number of sulfonamides is 1. The summed E-state index contributed by atoms with van der Waals surface area (Å²) in [7, 11) is -1.85. The summed E-state index contributed by atoms with van der Waals surface area (Å²) in [5, 5.41) is 7.12. The number of anilines is 2. The van der Waals surface area contributed by atoms with Crippen molar-refractivity contribution in [2.45, 2.75) is 4.90 Å². The number of nitrogens with one attached hydrogen (secondary N) is 1. The Kier molecular flexibility index (Phi) is 3.92. The van der Waals surface area contributed by atoms with Gasteiger partial charge in [0.2, 0.25) is 0 Å². The average molecular weight is 315 g/mol. The fraction of sp³-hybridized carbons (Fsp3) is 0.250. The number of hydrogen-bond donors (Lipinski definition) is 1. The third-order valence-corrected chi connectivity index (χ3v) is 4.84. The Hall–Kier alpha value is -1.73. The Morgan fingerprint density at radius 3 is 2.75 bits per heavy atom. The number of nitrogens with zero attached hydrogens (tertiary/aromatic N) is 3. The lowest BCUT2D eigenvalue weighted by atomic mass is 10.2. The van der Waals surface area contributed by atoms with Crippen LogP contribution in [0.5, 0.6) is 0 Å². The molecule has 0 unspecified atom stereocenters. The van der Waals surface area contributed by atoms with Crippen LogP contribution >= 0.6 is 12.4 Å². The quantitative estimate of drug-likeness (QED) is 0.911. The van der Waals surface area contributed by atoms with Crippen LogP contribution in [0.4, 0.5) is 11.4 Å². The standard InChI is InChI=1S/C12H14N4O2S.ClH/c1-15-9-10(8-14-15)19(17,18)16-7-6-13-11-4-2-3-5-12(11)16;/h2-5,8-9,13H,6-7H2,1H3;1H. The molecule has 2 heterocycles. The molecule has 0 amide bonds. The second-order valence-corrected chi connectivity index (χ2v) is 6.23. The highest BCUT2D eigenvalue weighted by molar-refractivity contribution is 7.92. The molecule has 1 N–H and O–H groups in total. The Morgan fingerprint density at radius 2 is 2.05 bits per heavy atom. The minimum absolute atomic E-state index is 0. The topological polar surface area (TPSA) is 67.2 Å². The second kappa shape index (κ2) is 5.34. The molecule has 1 aromatic heterocycles. The average Bonchev–Trinajstić information content (AvgIpc) is 2.85. The van der Waals surface area contributed by atoms with Gasteiger partial charge >= 0.3 is 0 Å².